The first kappa shape index (κ1) is 50.4. The molecule has 3 N–H and O–H groups in total. The molecule has 0 aromatic heterocycles. The Labute approximate surface area is 362 Å². The van der Waals surface area contributed by atoms with Crippen molar-refractivity contribution in [3.8, 4) is 5.75 Å². The van der Waals surface area contributed by atoms with E-state index in [1.807, 2.05) is 39.0 Å². The summed E-state index contributed by atoms with van der Waals surface area (Å²) in [6.07, 6.45) is 12.1. The molecular formula is C47H70N4O10. The maximum atomic E-state index is 15.0. The van der Waals surface area contributed by atoms with Gasteiger partial charge in [-0.2, -0.15) is 0 Å². The monoisotopic (exact) mass is 851 g/mol. The van der Waals surface area contributed by atoms with E-state index < -0.39 is 77.2 Å². The lowest BCUT2D eigenvalue weighted by atomic mass is 9.95. The van der Waals surface area contributed by atoms with E-state index in [-0.39, 0.29) is 25.2 Å². The van der Waals surface area contributed by atoms with Crippen LogP contribution in [0.3, 0.4) is 0 Å². The molecule has 0 aliphatic heterocycles. The number of nitrogens with zero attached hydrogens (tertiary/aromatic N) is 3. The minimum atomic E-state index is -1.47. The minimum absolute atomic E-state index is 0.0512. The Kier molecular flexibility index (Phi) is 19.3. The SMILES string of the molecule is CCC/C=C(\C=C/CO)C1CC1(C(=O)N(C)[C@@H](Cc1ccc(O)cc1)C(=O)OC)N(C)C(=O)[C@H](NC(=O)[C@H](OC(=O)[C@H](CC1=CC=C(OC)CC1)N(C)C)[C@H](C)CC)C(C)C. The molecule has 0 radical (unpaired) electrons. The molecule has 14 heteroatoms. The van der Waals surface area contributed by atoms with Gasteiger partial charge in [0.25, 0.3) is 5.91 Å². The van der Waals surface area contributed by atoms with E-state index in [2.05, 4.69) is 5.32 Å². The van der Waals surface area contributed by atoms with Crippen LogP contribution < -0.4 is 5.32 Å². The second-order valence-corrected chi connectivity index (χ2v) is 16.8. The van der Waals surface area contributed by atoms with E-state index in [1.165, 1.54) is 43.1 Å². The highest BCUT2D eigenvalue weighted by molar-refractivity contribution is 5.99. The van der Waals surface area contributed by atoms with Crippen LogP contribution in [-0.2, 0) is 44.6 Å². The number of aliphatic hydroxyl groups is 1. The molecule has 7 atom stereocenters. The molecule has 1 saturated carbocycles. The number of rotatable bonds is 23. The van der Waals surface area contributed by atoms with Gasteiger partial charge < -0.3 is 39.5 Å². The van der Waals surface area contributed by atoms with Gasteiger partial charge in [0.05, 0.1) is 26.6 Å². The fourth-order valence-corrected chi connectivity index (χ4v) is 7.77. The molecule has 2 unspecified atom stereocenters. The molecule has 0 bridgehead atoms. The number of aromatic hydroxyl groups is 1. The predicted octanol–water partition coefficient (Wildman–Crippen LogP) is 5.10. The summed E-state index contributed by atoms with van der Waals surface area (Å²) in [4.78, 5) is 75.9. The van der Waals surface area contributed by atoms with E-state index in [4.69, 9.17) is 14.2 Å². The number of carbonyl (C=O) groups is 5. The zero-order chi connectivity index (χ0) is 45.6. The summed E-state index contributed by atoms with van der Waals surface area (Å²) < 4.78 is 16.6. The third-order valence-corrected chi connectivity index (χ3v) is 12.0. The number of hydrogen-bond donors (Lipinski definition) is 3. The van der Waals surface area contributed by atoms with Crippen molar-refractivity contribution in [1.29, 1.82) is 0 Å². The van der Waals surface area contributed by atoms with Crippen molar-refractivity contribution in [3.05, 3.63) is 77.1 Å². The Bertz CT molecular complexity index is 1800. The number of carbonyl (C=O) groups excluding carboxylic acids is 5. The third kappa shape index (κ3) is 12.8. The van der Waals surface area contributed by atoms with Gasteiger partial charge in [-0.05, 0) is 81.5 Å². The number of nitrogens with one attached hydrogen (secondary N) is 1. The molecule has 2 aliphatic carbocycles. The second-order valence-electron chi connectivity index (χ2n) is 16.8. The summed E-state index contributed by atoms with van der Waals surface area (Å²) in [5.74, 6) is -3.30. The minimum Gasteiger partial charge on any atom is -0.508 e. The van der Waals surface area contributed by atoms with Crippen molar-refractivity contribution in [3.63, 3.8) is 0 Å². The highest BCUT2D eigenvalue weighted by atomic mass is 16.6. The van der Waals surface area contributed by atoms with Crippen LogP contribution in [0, 0.1) is 17.8 Å². The number of unbranched alkanes of at least 4 members (excludes halogenated alkanes) is 1. The molecule has 338 valence electrons. The average molecular weight is 851 g/mol. The van der Waals surface area contributed by atoms with Crippen molar-refractivity contribution >= 4 is 29.7 Å². The number of aliphatic hydroxyl groups excluding tert-OH is 1. The standard InChI is InChI=1S/C47H70N4O10/c1-12-14-16-34(17-15-26-52)37-29-47(37,46(58)50(8)39(44(56)60-11)28-32-18-22-35(53)23-19-32)51(9)43(55)40(30(3)4)48-42(54)41(31(5)13-2)61-45(57)38(49(6)7)27-33-20-24-36(59-10)25-21-33/h15-20,22-24,30-31,37-41,52-53H,12-14,21,25-29H2,1-11H3,(H,48,54)/b17-15-,34-16+/t31-,37?,38+,39+,40-,41-,47?/m1/s1. The summed E-state index contributed by atoms with van der Waals surface area (Å²) in [5, 5.41) is 22.5. The van der Waals surface area contributed by atoms with Crippen LogP contribution in [0.2, 0.25) is 0 Å². The first-order chi connectivity index (χ1) is 28.9. The fourth-order valence-electron chi connectivity index (χ4n) is 7.77. The molecule has 3 amide bonds. The zero-order valence-electron chi connectivity index (χ0n) is 38.1. The van der Waals surface area contributed by atoms with Gasteiger partial charge in [-0.1, -0.05) is 83.0 Å². The number of phenols is 1. The summed E-state index contributed by atoms with van der Waals surface area (Å²) in [7, 11) is 9.49. The number of likely N-dealkylation sites (N-methyl/N-ethyl adjacent to an activating group) is 3. The molecule has 1 aromatic carbocycles. The van der Waals surface area contributed by atoms with Gasteiger partial charge in [0, 0.05) is 38.8 Å². The second kappa shape index (κ2) is 23.3. The van der Waals surface area contributed by atoms with Crippen LogP contribution in [0.5, 0.6) is 5.75 Å². The van der Waals surface area contributed by atoms with Crippen molar-refractivity contribution in [1.82, 2.24) is 20.0 Å². The van der Waals surface area contributed by atoms with Gasteiger partial charge in [-0.3, -0.25) is 24.1 Å². The van der Waals surface area contributed by atoms with E-state index in [0.717, 1.165) is 36.2 Å². The number of methoxy groups -OCH3 is 2. The molecule has 0 spiro atoms. The van der Waals surface area contributed by atoms with Gasteiger partial charge >= 0.3 is 11.9 Å². The molecular weight excluding hydrogens is 781 g/mol. The maximum Gasteiger partial charge on any atom is 0.328 e. The molecule has 1 aromatic rings. The number of amides is 3. The van der Waals surface area contributed by atoms with Crippen molar-refractivity contribution in [2.75, 3.05) is 49.0 Å². The number of hydrogen-bond acceptors (Lipinski definition) is 11. The first-order valence-corrected chi connectivity index (χ1v) is 21.4. The van der Waals surface area contributed by atoms with E-state index in [1.54, 1.807) is 64.2 Å². The average Bonchev–Trinajstić information content (AvgIpc) is 4.01. The van der Waals surface area contributed by atoms with Crippen LogP contribution in [0.4, 0.5) is 0 Å². The Hall–Kier alpha value is -4.95. The van der Waals surface area contributed by atoms with E-state index >= 15 is 4.79 Å². The summed E-state index contributed by atoms with van der Waals surface area (Å²) >= 11 is 0. The number of benzene rings is 1. The highest BCUT2D eigenvalue weighted by Crippen LogP contribution is 2.54. The van der Waals surface area contributed by atoms with Gasteiger partial charge in [-0.15, -0.1) is 0 Å². The van der Waals surface area contributed by atoms with Crippen molar-refractivity contribution < 1.29 is 48.4 Å². The lowest BCUT2D eigenvalue weighted by Crippen LogP contribution is -2.61. The van der Waals surface area contributed by atoms with Gasteiger partial charge in [0.1, 0.15) is 29.4 Å². The fraction of sp³-hybridized carbons (Fsp3) is 0.596. The molecule has 2 aliphatic rings. The quantitative estimate of drug-likeness (QED) is 0.0988. The molecule has 0 heterocycles. The van der Waals surface area contributed by atoms with Gasteiger partial charge in [-0.25, -0.2) is 4.79 Å². The van der Waals surface area contributed by atoms with Crippen LogP contribution >= 0.6 is 0 Å². The first-order valence-electron chi connectivity index (χ1n) is 21.4. The molecule has 1 fully saturated rings. The van der Waals surface area contributed by atoms with Crippen LogP contribution in [0.1, 0.15) is 85.1 Å². The number of ether oxygens (including phenoxy) is 3. The number of esters is 2. The van der Waals surface area contributed by atoms with Crippen molar-refractivity contribution in [2.45, 2.75) is 116 Å². The van der Waals surface area contributed by atoms with Crippen LogP contribution in [0.15, 0.2) is 71.6 Å². The maximum absolute atomic E-state index is 15.0. The van der Waals surface area contributed by atoms with Crippen LogP contribution in [-0.4, -0.2) is 133 Å². The third-order valence-electron chi connectivity index (χ3n) is 12.0. The Morgan fingerprint density at radius 2 is 1.61 bits per heavy atom. The largest absolute Gasteiger partial charge is 0.508 e. The van der Waals surface area contributed by atoms with Crippen LogP contribution in [0.25, 0.3) is 0 Å². The Morgan fingerprint density at radius 1 is 0.934 bits per heavy atom. The van der Waals surface area contributed by atoms with E-state index in [0.29, 0.717) is 24.8 Å². The molecule has 0 saturated heterocycles. The van der Waals surface area contributed by atoms with Gasteiger partial charge in [0.2, 0.25) is 11.8 Å². The zero-order valence-corrected chi connectivity index (χ0v) is 38.1. The molecule has 61 heavy (non-hydrogen) atoms. The summed E-state index contributed by atoms with van der Waals surface area (Å²) in [6.45, 7) is 9.08. The van der Waals surface area contributed by atoms with E-state index in [9.17, 15) is 29.4 Å². The topological polar surface area (TPSA) is 175 Å². The van der Waals surface area contributed by atoms with Gasteiger partial charge in [0.15, 0.2) is 6.10 Å². The molecule has 14 nitrogen and oxygen atoms in total. The predicted molar refractivity (Wildman–Crippen MR) is 234 cm³/mol. The normalized spacial score (nSPS) is 20.2. The lowest BCUT2D eigenvalue weighted by Gasteiger charge is -2.38. The lowest BCUT2D eigenvalue weighted by molar-refractivity contribution is -0.164. The Balaban J connectivity index is 2.00. The number of allylic oxidation sites excluding steroid dienone is 5. The molecule has 3 rings (SSSR count). The summed E-state index contributed by atoms with van der Waals surface area (Å²) in [5.41, 5.74) is 1.01. The smallest absolute Gasteiger partial charge is 0.328 e. The summed E-state index contributed by atoms with van der Waals surface area (Å²) in [6, 6.07) is 3.44. The Morgan fingerprint density at radius 3 is 2.13 bits per heavy atom. The highest BCUT2D eigenvalue weighted by Gasteiger charge is 2.67. The van der Waals surface area contributed by atoms with Crippen molar-refractivity contribution in [2.24, 2.45) is 17.8 Å². The number of phenolic OH excluding ortho intramolecular Hbond substituents is 1.